The highest BCUT2D eigenvalue weighted by Gasteiger charge is 2.36. The molecule has 20 heavy (non-hydrogen) atoms. The first-order valence-electron chi connectivity index (χ1n) is 7.60. The van der Waals surface area contributed by atoms with E-state index in [4.69, 9.17) is 10.5 Å². The maximum Gasteiger partial charge on any atom is 0.0917 e. The Labute approximate surface area is 120 Å². The van der Waals surface area contributed by atoms with E-state index in [2.05, 4.69) is 4.90 Å². The summed E-state index contributed by atoms with van der Waals surface area (Å²) in [6.45, 7) is 2.97. The van der Waals surface area contributed by atoms with Gasteiger partial charge in [0.15, 0.2) is 0 Å². The molecule has 3 rings (SSSR count). The second-order valence-corrected chi connectivity index (χ2v) is 5.86. The minimum absolute atomic E-state index is 0.385. The molecule has 1 aromatic rings. The Morgan fingerprint density at radius 2 is 2.10 bits per heavy atom. The molecule has 0 spiro atoms. The number of β-amino-alcohol motifs (C(OH)–C–C–N with tert-alkyl or cyclic N) is 1. The van der Waals surface area contributed by atoms with Crippen molar-refractivity contribution in [3.63, 3.8) is 0 Å². The van der Waals surface area contributed by atoms with Crippen molar-refractivity contribution in [2.45, 2.75) is 44.1 Å². The van der Waals surface area contributed by atoms with Crippen LogP contribution in [0.15, 0.2) is 24.3 Å². The van der Waals surface area contributed by atoms with E-state index in [0.29, 0.717) is 25.2 Å². The van der Waals surface area contributed by atoms with E-state index < -0.39 is 6.10 Å². The van der Waals surface area contributed by atoms with Crippen LogP contribution in [-0.2, 0) is 11.3 Å². The van der Waals surface area contributed by atoms with E-state index in [1.54, 1.807) is 0 Å². The Bertz CT molecular complexity index is 435. The average Bonchev–Trinajstić information content (AvgIpc) is 2.97. The van der Waals surface area contributed by atoms with E-state index in [1.807, 2.05) is 24.3 Å². The molecule has 1 saturated carbocycles. The summed E-state index contributed by atoms with van der Waals surface area (Å²) in [7, 11) is 0. The maximum atomic E-state index is 10.4. The van der Waals surface area contributed by atoms with Gasteiger partial charge in [-0.25, -0.2) is 0 Å². The van der Waals surface area contributed by atoms with E-state index in [0.717, 1.165) is 24.3 Å². The summed E-state index contributed by atoms with van der Waals surface area (Å²) in [5.41, 5.74) is 7.67. The number of rotatable bonds is 4. The Hall–Kier alpha value is -0.940. The van der Waals surface area contributed by atoms with Crippen LogP contribution in [0, 0.1) is 0 Å². The summed E-state index contributed by atoms with van der Waals surface area (Å²) in [5.74, 6) is 0. The van der Waals surface area contributed by atoms with Crippen molar-refractivity contribution in [3.8, 4) is 0 Å². The third-order valence-corrected chi connectivity index (χ3v) is 4.60. The third-order valence-electron chi connectivity index (χ3n) is 4.60. The quantitative estimate of drug-likeness (QED) is 0.873. The molecular weight excluding hydrogens is 252 g/mol. The number of hydrogen-bond acceptors (Lipinski definition) is 4. The van der Waals surface area contributed by atoms with Crippen LogP contribution in [-0.4, -0.2) is 41.8 Å². The largest absolute Gasteiger partial charge is 0.387 e. The zero-order valence-electron chi connectivity index (χ0n) is 11.9. The normalized spacial score (nSPS) is 28.3. The molecule has 3 unspecified atom stereocenters. The smallest absolute Gasteiger partial charge is 0.0917 e. The van der Waals surface area contributed by atoms with Gasteiger partial charge in [0.25, 0.3) is 0 Å². The number of aliphatic hydroxyl groups is 1. The average molecular weight is 276 g/mol. The molecule has 110 valence electrons. The highest BCUT2D eigenvalue weighted by Crippen LogP contribution is 2.30. The molecule has 3 N–H and O–H groups in total. The van der Waals surface area contributed by atoms with Crippen LogP contribution in [0.4, 0.5) is 0 Å². The van der Waals surface area contributed by atoms with Crippen molar-refractivity contribution < 1.29 is 9.84 Å². The summed E-state index contributed by atoms with van der Waals surface area (Å²) in [4.78, 5) is 2.41. The molecule has 0 bridgehead atoms. The Morgan fingerprint density at radius 3 is 2.85 bits per heavy atom. The second kappa shape index (κ2) is 6.22. The van der Waals surface area contributed by atoms with Gasteiger partial charge in [0.2, 0.25) is 0 Å². The van der Waals surface area contributed by atoms with Gasteiger partial charge in [-0.15, -0.1) is 0 Å². The molecule has 4 nitrogen and oxygen atoms in total. The molecule has 1 heterocycles. The molecule has 0 amide bonds. The first-order valence-corrected chi connectivity index (χ1v) is 7.60. The number of aliphatic hydroxyl groups excluding tert-OH is 1. The van der Waals surface area contributed by atoms with Crippen LogP contribution in [0.2, 0.25) is 0 Å². The maximum absolute atomic E-state index is 10.4. The molecule has 1 saturated heterocycles. The molecule has 3 atom stereocenters. The van der Waals surface area contributed by atoms with Gasteiger partial charge in [-0.3, -0.25) is 4.90 Å². The minimum Gasteiger partial charge on any atom is -0.387 e. The lowest BCUT2D eigenvalue weighted by molar-refractivity contribution is -0.0675. The first kappa shape index (κ1) is 14.0. The van der Waals surface area contributed by atoms with Gasteiger partial charge >= 0.3 is 0 Å². The fourth-order valence-electron chi connectivity index (χ4n) is 3.44. The van der Waals surface area contributed by atoms with Gasteiger partial charge in [-0.2, -0.15) is 0 Å². The summed E-state index contributed by atoms with van der Waals surface area (Å²) < 4.78 is 5.81. The monoisotopic (exact) mass is 276 g/mol. The Kier molecular flexibility index (Phi) is 4.36. The lowest BCUT2D eigenvalue weighted by Crippen LogP contribution is -2.49. The molecule has 1 aromatic carbocycles. The number of benzene rings is 1. The van der Waals surface area contributed by atoms with Crippen LogP contribution >= 0.6 is 0 Å². The fraction of sp³-hybridized carbons (Fsp3) is 0.625. The van der Waals surface area contributed by atoms with Crippen molar-refractivity contribution >= 4 is 0 Å². The van der Waals surface area contributed by atoms with Crippen molar-refractivity contribution in [2.75, 3.05) is 19.7 Å². The molecule has 2 aliphatic rings. The predicted octanol–water partition coefficient (Wildman–Crippen LogP) is 1.43. The van der Waals surface area contributed by atoms with E-state index >= 15 is 0 Å². The SMILES string of the molecule is NCc1ccc(C(O)CN2CCOC3CCCC32)cc1. The lowest BCUT2D eigenvalue weighted by Gasteiger charge is -2.38. The lowest BCUT2D eigenvalue weighted by atomic mass is 10.0. The Morgan fingerprint density at radius 1 is 1.30 bits per heavy atom. The van der Waals surface area contributed by atoms with Crippen LogP contribution in [0.25, 0.3) is 0 Å². The predicted molar refractivity (Wildman–Crippen MR) is 78.2 cm³/mol. The molecule has 0 radical (unpaired) electrons. The highest BCUT2D eigenvalue weighted by atomic mass is 16.5. The van der Waals surface area contributed by atoms with Gasteiger partial charge in [0.1, 0.15) is 0 Å². The Balaban J connectivity index is 1.63. The number of nitrogens with zero attached hydrogens (tertiary/aromatic N) is 1. The number of nitrogens with two attached hydrogens (primary N) is 1. The molecule has 4 heteroatoms. The highest BCUT2D eigenvalue weighted by molar-refractivity contribution is 5.24. The zero-order valence-corrected chi connectivity index (χ0v) is 11.9. The van der Waals surface area contributed by atoms with Gasteiger partial charge in [0.05, 0.1) is 18.8 Å². The minimum atomic E-state index is -0.429. The molecule has 1 aliphatic carbocycles. The fourth-order valence-corrected chi connectivity index (χ4v) is 3.44. The van der Waals surface area contributed by atoms with E-state index in [1.165, 1.54) is 19.3 Å². The first-order chi connectivity index (χ1) is 9.78. The number of hydrogen-bond donors (Lipinski definition) is 2. The van der Waals surface area contributed by atoms with Crippen LogP contribution in [0.3, 0.4) is 0 Å². The molecule has 0 aromatic heterocycles. The van der Waals surface area contributed by atoms with Gasteiger partial charge in [-0.05, 0) is 30.4 Å². The van der Waals surface area contributed by atoms with Crippen molar-refractivity contribution in [3.05, 3.63) is 35.4 Å². The van der Waals surface area contributed by atoms with E-state index in [-0.39, 0.29) is 0 Å². The summed E-state index contributed by atoms with van der Waals surface area (Å²) >= 11 is 0. The van der Waals surface area contributed by atoms with Gasteiger partial charge < -0.3 is 15.6 Å². The molecule has 1 aliphatic heterocycles. The summed E-state index contributed by atoms with van der Waals surface area (Å²) in [6.07, 6.45) is 3.57. The topological polar surface area (TPSA) is 58.7 Å². The molecule has 2 fully saturated rings. The van der Waals surface area contributed by atoms with Crippen LogP contribution in [0.5, 0.6) is 0 Å². The number of ether oxygens (including phenoxy) is 1. The van der Waals surface area contributed by atoms with Crippen molar-refractivity contribution in [1.29, 1.82) is 0 Å². The van der Waals surface area contributed by atoms with Gasteiger partial charge in [0, 0.05) is 25.7 Å². The molecular formula is C16H24N2O2. The van der Waals surface area contributed by atoms with Crippen LogP contribution in [0.1, 0.15) is 36.5 Å². The van der Waals surface area contributed by atoms with Crippen LogP contribution < -0.4 is 5.73 Å². The second-order valence-electron chi connectivity index (χ2n) is 5.86. The zero-order chi connectivity index (χ0) is 13.9. The van der Waals surface area contributed by atoms with E-state index in [9.17, 15) is 5.11 Å². The standard InChI is InChI=1S/C16H24N2O2/c17-10-12-4-6-13(7-5-12)15(19)11-18-8-9-20-16-3-1-2-14(16)18/h4-7,14-16,19H,1-3,8-11,17H2. The third kappa shape index (κ3) is 2.88. The number of morpholine rings is 1. The van der Waals surface area contributed by atoms with Crippen molar-refractivity contribution in [1.82, 2.24) is 4.90 Å². The van der Waals surface area contributed by atoms with Crippen molar-refractivity contribution in [2.24, 2.45) is 5.73 Å². The number of fused-ring (bicyclic) bond motifs is 1. The summed E-state index contributed by atoms with van der Waals surface area (Å²) in [5, 5.41) is 10.4. The van der Waals surface area contributed by atoms with Gasteiger partial charge in [-0.1, -0.05) is 24.3 Å². The summed E-state index contributed by atoms with van der Waals surface area (Å²) in [6, 6.07) is 8.47.